The Bertz CT molecular complexity index is 871. The van der Waals surface area contributed by atoms with E-state index in [1.54, 1.807) is 18.9 Å². The average molecular weight is 369 g/mol. The lowest BCUT2D eigenvalue weighted by Gasteiger charge is -2.15. The average Bonchev–Trinajstić information content (AvgIpc) is 3.33. The fourth-order valence-electron chi connectivity index (χ4n) is 3.39. The molecule has 1 aromatic heterocycles. The van der Waals surface area contributed by atoms with Crippen molar-refractivity contribution in [1.29, 1.82) is 0 Å². The number of fused-ring (bicyclic) bond motifs is 1. The summed E-state index contributed by atoms with van der Waals surface area (Å²) in [7, 11) is 1.70. The van der Waals surface area contributed by atoms with Crippen molar-refractivity contribution in [3.63, 3.8) is 0 Å². The van der Waals surface area contributed by atoms with Crippen LogP contribution >= 0.6 is 11.8 Å². The van der Waals surface area contributed by atoms with E-state index in [0.29, 0.717) is 0 Å². The molecular formula is C21H24N2O2S. The standard InChI is InChI=1S/C21H24N2O2S/c1-24-16-6-4-7-17(14-16)26-20-15-22-21-18(20)8-5-9-19(21)25-13-12-23-10-2-3-11-23/h4-9,14-15,22H,2-3,10-13H2,1H3. The van der Waals surface area contributed by atoms with Gasteiger partial charge in [-0.15, -0.1) is 0 Å². The van der Waals surface area contributed by atoms with Crippen LogP contribution in [-0.4, -0.2) is 43.2 Å². The number of H-pyrrole nitrogens is 1. The second kappa shape index (κ2) is 8.06. The first-order valence-corrected chi connectivity index (χ1v) is 9.92. The molecule has 0 aliphatic carbocycles. The highest BCUT2D eigenvalue weighted by atomic mass is 32.2. The third kappa shape index (κ3) is 3.84. The summed E-state index contributed by atoms with van der Waals surface area (Å²) in [5, 5.41) is 1.19. The van der Waals surface area contributed by atoms with Crippen molar-refractivity contribution in [2.75, 3.05) is 33.4 Å². The molecule has 1 aliphatic rings. The number of likely N-dealkylation sites (tertiary alicyclic amines) is 1. The molecule has 3 aromatic rings. The van der Waals surface area contributed by atoms with E-state index in [-0.39, 0.29) is 0 Å². The second-order valence-corrected chi connectivity index (χ2v) is 7.63. The molecule has 2 heterocycles. The van der Waals surface area contributed by atoms with Crippen LogP contribution in [0.1, 0.15) is 12.8 Å². The predicted molar refractivity (Wildman–Crippen MR) is 107 cm³/mol. The topological polar surface area (TPSA) is 37.5 Å². The van der Waals surface area contributed by atoms with Crippen molar-refractivity contribution in [2.45, 2.75) is 22.6 Å². The number of nitrogens with one attached hydrogen (secondary N) is 1. The Morgan fingerprint density at radius 3 is 2.81 bits per heavy atom. The largest absolute Gasteiger partial charge is 0.497 e. The molecule has 1 aliphatic heterocycles. The lowest BCUT2D eigenvalue weighted by Crippen LogP contribution is -2.25. The number of ether oxygens (including phenoxy) is 2. The van der Waals surface area contributed by atoms with Gasteiger partial charge in [-0.2, -0.15) is 0 Å². The minimum absolute atomic E-state index is 0.733. The fraction of sp³-hybridized carbons (Fsp3) is 0.333. The number of rotatable bonds is 7. The van der Waals surface area contributed by atoms with Crippen LogP contribution in [0.25, 0.3) is 10.9 Å². The molecule has 1 fully saturated rings. The van der Waals surface area contributed by atoms with Crippen LogP contribution in [0.15, 0.2) is 58.5 Å². The van der Waals surface area contributed by atoms with Gasteiger partial charge >= 0.3 is 0 Å². The highest BCUT2D eigenvalue weighted by Crippen LogP contribution is 2.37. The Morgan fingerprint density at radius 2 is 1.96 bits per heavy atom. The highest BCUT2D eigenvalue weighted by molar-refractivity contribution is 7.99. The Hall–Kier alpha value is -2.11. The summed E-state index contributed by atoms with van der Waals surface area (Å²) < 4.78 is 11.4. The van der Waals surface area contributed by atoms with Crippen molar-refractivity contribution < 1.29 is 9.47 Å². The van der Waals surface area contributed by atoms with E-state index in [2.05, 4.69) is 40.3 Å². The number of para-hydroxylation sites is 1. The molecule has 0 unspecified atom stereocenters. The maximum Gasteiger partial charge on any atom is 0.143 e. The van der Waals surface area contributed by atoms with Gasteiger partial charge < -0.3 is 14.5 Å². The van der Waals surface area contributed by atoms with Gasteiger partial charge in [0.15, 0.2) is 0 Å². The van der Waals surface area contributed by atoms with Gasteiger partial charge in [0.2, 0.25) is 0 Å². The van der Waals surface area contributed by atoms with Crippen LogP contribution in [0.5, 0.6) is 11.5 Å². The first-order valence-electron chi connectivity index (χ1n) is 9.10. The normalized spacial score (nSPS) is 14.8. The van der Waals surface area contributed by atoms with Crippen LogP contribution in [0.3, 0.4) is 0 Å². The van der Waals surface area contributed by atoms with Crippen molar-refractivity contribution in [3.05, 3.63) is 48.7 Å². The summed E-state index contributed by atoms with van der Waals surface area (Å²) in [6, 6.07) is 14.4. The summed E-state index contributed by atoms with van der Waals surface area (Å²) in [5.74, 6) is 1.81. The van der Waals surface area contributed by atoms with Crippen molar-refractivity contribution in [2.24, 2.45) is 0 Å². The minimum Gasteiger partial charge on any atom is -0.497 e. The molecule has 5 heteroatoms. The third-order valence-electron chi connectivity index (χ3n) is 4.77. The van der Waals surface area contributed by atoms with Gasteiger partial charge in [0, 0.05) is 27.9 Å². The Labute approximate surface area is 158 Å². The molecule has 26 heavy (non-hydrogen) atoms. The number of aromatic amines is 1. The van der Waals surface area contributed by atoms with Crippen LogP contribution in [0.2, 0.25) is 0 Å². The van der Waals surface area contributed by atoms with Crippen LogP contribution in [0.4, 0.5) is 0 Å². The third-order valence-corrected chi connectivity index (χ3v) is 5.82. The molecule has 0 spiro atoms. The van der Waals surface area contributed by atoms with Crippen molar-refractivity contribution in [1.82, 2.24) is 9.88 Å². The van der Waals surface area contributed by atoms with Crippen LogP contribution < -0.4 is 9.47 Å². The van der Waals surface area contributed by atoms with E-state index in [9.17, 15) is 0 Å². The molecule has 4 rings (SSSR count). The number of nitrogens with zero attached hydrogens (tertiary/aromatic N) is 1. The highest BCUT2D eigenvalue weighted by Gasteiger charge is 2.13. The van der Waals surface area contributed by atoms with Gasteiger partial charge in [-0.1, -0.05) is 30.0 Å². The maximum absolute atomic E-state index is 6.08. The second-order valence-electron chi connectivity index (χ2n) is 6.51. The van der Waals surface area contributed by atoms with Gasteiger partial charge in [-0.25, -0.2) is 0 Å². The maximum atomic E-state index is 6.08. The number of aromatic nitrogens is 1. The quantitative estimate of drug-likeness (QED) is 0.650. The number of hydrogen-bond acceptors (Lipinski definition) is 4. The molecule has 1 saturated heterocycles. The predicted octanol–water partition coefficient (Wildman–Crippen LogP) is 4.80. The Morgan fingerprint density at radius 1 is 1.12 bits per heavy atom. The van der Waals surface area contributed by atoms with Crippen LogP contribution in [-0.2, 0) is 0 Å². The molecule has 1 N–H and O–H groups in total. The molecule has 4 nitrogen and oxygen atoms in total. The van der Waals surface area contributed by atoms with E-state index in [1.807, 2.05) is 18.2 Å². The summed E-state index contributed by atoms with van der Waals surface area (Å²) in [4.78, 5) is 8.22. The van der Waals surface area contributed by atoms with E-state index < -0.39 is 0 Å². The SMILES string of the molecule is COc1cccc(Sc2c[nH]c3c(OCCN4CCCC4)cccc23)c1. The Kier molecular flexibility index (Phi) is 5.37. The van der Waals surface area contributed by atoms with Gasteiger partial charge in [0.25, 0.3) is 0 Å². The van der Waals surface area contributed by atoms with E-state index in [0.717, 1.165) is 35.1 Å². The molecule has 0 bridgehead atoms. The zero-order valence-electron chi connectivity index (χ0n) is 15.0. The first kappa shape index (κ1) is 17.3. The smallest absolute Gasteiger partial charge is 0.143 e. The summed E-state index contributed by atoms with van der Waals surface area (Å²) in [5.41, 5.74) is 1.07. The Balaban J connectivity index is 1.48. The minimum atomic E-state index is 0.733. The number of methoxy groups -OCH3 is 1. The van der Waals surface area contributed by atoms with E-state index in [4.69, 9.17) is 9.47 Å². The number of benzene rings is 2. The summed E-state index contributed by atoms with van der Waals surface area (Å²) in [6.45, 7) is 4.15. The summed E-state index contributed by atoms with van der Waals surface area (Å²) >= 11 is 1.73. The molecule has 0 radical (unpaired) electrons. The number of hydrogen-bond donors (Lipinski definition) is 1. The molecule has 0 atom stereocenters. The summed E-state index contributed by atoms with van der Waals surface area (Å²) in [6.07, 6.45) is 4.69. The van der Waals surface area contributed by atoms with Gasteiger partial charge in [-0.3, -0.25) is 4.90 Å². The van der Waals surface area contributed by atoms with E-state index in [1.165, 1.54) is 36.2 Å². The molecule has 0 saturated carbocycles. The van der Waals surface area contributed by atoms with Crippen LogP contribution in [0, 0.1) is 0 Å². The lowest BCUT2D eigenvalue weighted by molar-refractivity contribution is 0.239. The van der Waals surface area contributed by atoms with Gasteiger partial charge in [0.05, 0.1) is 12.6 Å². The van der Waals surface area contributed by atoms with E-state index >= 15 is 0 Å². The molecular weight excluding hydrogens is 344 g/mol. The lowest BCUT2D eigenvalue weighted by atomic mass is 10.2. The molecule has 2 aromatic carbocycles. The zero-order valence-corrected chi connectivity index (χ0v) is 15.8. The molecule has 136 valence electrons. The fourth-order valence-corrected chi connectivity index (χ4v) is 4.36. The monoisotopic (exact) mass is 368 g/mol. The van der Waals surface area contributed by atoms with Gasteiger partial charge in [-0.05, 0) is 50.2 Å². The van der Waals surface area contributed by atoms with Crippen molar-refractivity contribution in [3.8, 4) is 11.5 Å². The zero-order chi connectivity index (χ0) is 17.8. The van der Waals surface area contributed by atoms with Gasteiger partial charge in [0.1, 0.15) is 18.1 Å². The van der Waals surface area contributed by atoms with Crippen molar-refractivity contribution >= 4 is 22.7 Å². The first-order chi connectivity index (χ1) is 12.8. The molecule has 0 amide bonds.